The third-order valence-electron chi connectivity index (χ3n) is 5.82. The molecule has 0 aromatic heterocycles. The molecular weight excluding hydrogens is 450 g/mol. The van der Waals surface area contributed by atoms with Crippen LogP contribution in [0.3, 0.4) is 0 Å². The molecule has 5 atom stereocenters. The Morgan fingerprint density at radius 2 is 1.49 bits per heavy atom. The van der Waals surface area contributed by atoms with Crippen LogP contribution in [0.4, 0.5) is 0 Å². The monoisotopic (exact) mass is 485 g/mol. The predicted octanol–water partition coefficient (Wildman–Crippen LogP) is 4.12. The predicted molar refractivity (Wildman–Crippen MR) is 130 cm³/mol. The second-order valence-corrected chi connectivity index (χ2v) is 8.53. The van der Waals surface area contributed by atoms with Gasteiger partial charge in [-0.15, -0.1) is 0 Å². The summed E-state index contributed by atoms with van der Waals surface area (Å²) in [6.45, 7) is 1.65. The van der Waals surface area contributed by atoms with Gasteiger partial charge in [0.2, 0.25) is 0 Å². The highest BCUT2D eigenvalue weighted by molar-refractivity contribution is 5.14. The first-order valence-electron chi connectivity index (χ1n) is 12.1. The van der Waals surface area contributed by atoms with Crippen molar-refractivity contribution in [1.82, 2.24) is 0 Å². The highest BCUT2D eigenvalue weighted by Gasteiger charge is 2.46. The molecule has 1 saturated heterocycles. The van der Waals surface area contributed by atoms with Crippen LogP contribution in [0.2, 0.25) is 0 Å². The standard InChI is InChI=1S/C26H35N3O6/c27-29-28-15-9-1-2-10-16-33-26-25(34-18-21-13-7-4-8-14-21)24(31)23(30)22(35-26)19-32-17-20-11-5-3-6-12-20/h3-8,11-14,22-26,30-31H,1-2,9-10,15-19H2/t22-,23+,24+,25-,26-/m1/s1. The van der Waals surface area contributed by atoms with E-state index in [1.807, 2.05) is 60.7 Å². The lowest BCUT2D eigenvalue weighted by atomic mass is 9.99. The highest BCUT2D eigenvalue weighted by Crippen LogP contribution is 2.26. The number of nitrogens with zero attached hydrogens (tertiary/aromatic N) is 3. The zero-order valence-corrected chi connectivity index (χ0v) is 19.9. The largest absolute Gasteiger partial charge is 0.387 e. The van der Waals surface area contributed by atoms with Crippen molar-refractivity contribution in [1.29, 1.82) is 0 Å². The lowest BCUT2D eigenvalue weighted by Gasteiger charge is -2.42. The van der Waals surface area contributed by atoms with E-state index in [1.165, 1.54) is 0 Å². The summed E-state index contributed by atoms with van der Waals surface area (Å²) in [6.07, 6.45) is -1.34. The molecule has 1 aliphatic heterocycles. The van der Waals surface area contributed by atoms with Crippen molar-refractivity contribution in [3.63, 3.8) is 0 Å². The van der Waals surface area contributed by atoms with Crippen molar-refractivity contribution in [2.24, 2.45) is 5.11 Å². The minimum absolute atomic E-state index is 0.109. The van der Waals surface area contributed by atoms with Crippen LogP contribution in [0.25, 0.3) is 10.4 Å². The molecule has 9 nitrogen and oxygen atoms in total. The van der Waals surface area contributed by atoms with Gasteiger partial charge < -0.3 is 29.2 Å². The van der Waals surface area contributed by atoms with E-state index in [0.29, 0.717) is 19.8 Å². The minimum atomic E-state index is -1.19. The molecule has 9 heteroatoms. The third kappa shape index (κ3) is 9.23. The molecule has 0 bridgehead atoms. The quantitative estimate of drug-likeness (QED) is 0.169. The van der Waals surface area contributed by atoms with Crippen molar-refractivity contribution >= 4 is 0 Å². The molecule has 1 fully saturated rings. The van der Waals surface area contributed by atoms with E-state index >= 15 is 0 Å². The van der Waals surface area contributed by atoms with Crippen molar-refractivity contribution in [3.8, 4) is 0 Å². The lowest BCUT2D eigenvalue weighted by Crippen LogP contribution is -2.60. The molecule has 2 N–H and O–H groups in total. The van der Waals surface area contributed by atoms with E-state index in [9.17, 15) is 10.2 Å². The summed E-state index contributed by atoms with van der Waals surface area (Å²) in [5.41, 5.74) is 10.3. The molecule has 2 aromatic carbocycles. The molecule has 1 aliphatic rings. The molecule has 35 heavy (non-hydrogen) atoms. The Morgan fingerprint density at radius 1 is 0.829 bits per heavy atom. The molecule has 0 spiro atoms. The summed E-state index contributed by atoms with van der Waals surface area (Å²) >= 11 is 0. The Kier molecular flexibility index (Phi) is 12.0. The molecule has 0 unspecified atom stereocenters. The van der Waals surface area contributed by atoms with E-state index in [0.717, 1.165) is 36.8 Å². The van der Waals surface area contributed by atoms with Gasteiger partial charge in [-0.25, -0.2) is 0 Å². The number of benzene rings is 2. The van der Waals surface area contributed by atoms with Crippen molar-refractivity contribution in [2.75, 3.05) is 19.8 Å². The topological polar surface area (TPSA) is 126 Å². The van der Waals surface area contributed by atoms with Crippen LogP contribution < -0.4 is 0 Å². The smallest absolute Gasteiger partial charge is 0.186 e. The fourth-order valence-electron chi connectivity index (χ4n) is 3.87. The lowest BCUT2D eigenvalue weighted by molar-refractivity contribution is -0.313. The first-order valence-corrected chi connectivity index (χ1v) is 12.1. The number of unbranched alkanes of at least 4 members (excludes halogenated alkanes) is 3. The molecule has 3 rings (SSSR count). The van der Waals surface area contributed by atoms with E-state index in [2.05, 4.69) is 10.0 Å². The van der Waals surface area contributed by atoms with Gasteiger partial charge in [0.1, 0.15) is 24.4 Å². The first kappa shape index (κ1) is 27.1. The summed E-state index contributed by atoms with van der Waals surface area (Å²) < 4.78 is 23.7. The number of azide groups is 1. The van der Waals surface area contributed by atoms with Crippen LogP contribution in [0.5, 0.6) is 0 Å². The highest BCUT2D eigenvalue weighted by atomic mass is 16.7. The Morgan fingerprint density at radius 3 is 2.17 bits per heavy atom. The summed E-state index contributed by atoms with van der Waals surface area (Å²) in [7, 11) is 0. The van der Waals surface area contributed by atoms with Crippen LogP contribution in [0, 0.1) is 0 Å². The summed E-state index contributed by atoms with van der Waals surface area (Å²) in [5, 5.41) is 25.1. The summed E-state index contributed by atoms with van der Waals surface area (Å²) in [5.74, 6) is 0. The van der Waals surface area contributed by atoms with Crippen LogP contribution in [-0.2, 0) is 32.2 Å². The van der Waals surface area contributed by atoms with Crippen LogP contribution in [-0.4, -0.2) is 60.7 Å². The summed E-state index contributed by atoms with van der Waals surface area (Å²) in [4.78, 5) is 2.75. The zero-order valence-electron chi connectivity index (χ0n) is 19.9. The van der Waals surface area contributed by atoms with Gasteiger partial charge in [0.05, 0.1) is 19.8 Å². The van der Waals surface area contributed by atoms with E-state index < -0.39 is 30.7 Å². The van der Waals surface area contributed by atoms with Crippen molar-refractivity contribution < 1.29 is 29.2 Å². The maximum atomic E-state index is 10.9. The molecule has 1 heterocycles. The van der Waals surface area contributed by atoms with Gasteiger partial charge in [0, 0.05) is 18.1 Å². The van der Waals surface area contributed by atoms with E-state index in [1.54, 1.807) is 0 Å². The van der Waals surface area contributed by atoms with Gasteiger partial charge in [-0.05, 0) is 29.5 Å². The van der Waals surface area contributed by atoms with E-state index in [-0.39, 0.29) is 13.2 Å². The average molecular weight is 486 g/mol. The van der Waals surface area contributed by atoms with Gasteiger partial charge in [-0.2, -0.15) is 0 Å². The molecule has 0 saturated carbocycles. The normalized spacial score (nSPS) is 24.1. The maximum absolute atomic E-state index is 10.9. The Bertz CT molecular complexity index is 879. The Labute approximate surface area is 206 Å². The number of aliphatic hydroxyl groups is 2. The van der Waals surface area contributed by atoms with Gasteiger partial charge in [-0.1, -0.05) is 78.6 Å². The van der Waals surface area contributed by atoms with Crippen LogP contribution in [0.1, 0.15) is 36.8 Å². The van der Waals surface area contributed by atoms with Crippen molar-refractivity contribution in [3.05, 3.63) is 82.2 Å². The first-order chi connectivity index (χ1) is 17.2. The fraction of sp³-hybridized carbons (Fsp3) is 0.538. The second kappa shape index (κ2) is 15.5. The van der Waals surface area contributed by atoms with Crippen molar-refractivity contribution in [2.45, 2.75) is 69.6 Å². The number of ether oxygens (including phenoxy) is 4. The number of rotatable bonds is 15. The average Bonchev–Trinajstić information content (AvgIpc) is 2.89. The number of hydrogen-bond acceptors (Lipinski definition) is 7. The van der Waals surface area contributed by atoms with Gasteiger partial charge in [-0.3, -0.25) is 0 Å². The molecule has 0 aliphatic carbocycles. The van der Waals surface area contributed by atoms with Crippen LogP contribution in [0.15, 0.2) is 65.8 Å². The molecule has 0 amide bonds. The second-order valence-electron chi connectivity index (χ2n) is 8.53. The number of hydrogen-bond donors (Lipinski definition) is 2. The van der Waals surface area contributed by atoms with Gasteiger partial charge >= 0.3 is 0 Å². The molecular formula is C26H35N3O6. The Balaban J connectivity index is 1.53. The number of aliphatic hydroxyl groups excluding tert-OH is 2. The third-order valence-corrected chi connectivity index (χ3v) is 5.82. The summed E-state index contributed by atoms with van der Waals surface area (Å²) in [6, 6.07) is 19.3. The molecule has 2 aromatic rings. The van der Waals surface area contributed by atoms with E-state index in [4.69, 9.17) is 24.5 Å². The fourth-order valence-corrected chi connectivity index (χ4v) is 3.87. The van der Waals surface area contributed by atoms with Gasteiger partial charge in [0.25, 0.3) is 0 Å². The van der Waals surface area contributed by atoms with Crippen LogP contribution >= 0.6 is 0 Å². The van der Waals surface area contributed by atoms with Gasteiger partial charge in [0.15, 0.2) is 6.29 Å². The molecule has 190 valence electrons. The minimum Gasteiger partial charge on any atom is -0.387 e. The molecule has 0 radical (unpaired) electrons. The Hall–Kier alpha value is -2.49. The maximum Gasteiger partial charge on any atom is 0.186 e. The SMILES string of the molecule is [N-]=[N+]=NCCCCCCO[C@@H]1O[C@H](COCc2ccccc2)[C@H](O)[C@H](O)[C@H]1OCc1ccccc1. The zero-order chi connectivity index (χ0) is 24.7.